The SMILES string of the molecule is CSc1cccc2sc(N3CCN(C(=O)C(C)(C)C)CC3)nc12. The molecule has 0 spiro atoms. The molecule has 1 aliphatic rings. The third-order valence-corrected chi connectivity index (χ3v) is 5.92. The van der Waals surface area contributed by atoms with Crippen molar-refractivity contribution in [3.63, 3.8) is 0 Å². The molecule has 23 heavy (non-hydrogen) atoms. The molecule has 0 unspecified atom stereocenters. The van der Waals surface area contributed by atoms with Gasteiger partial charge in [0.1, 0.15) is 0 Å². The molecule has 0 N–H and O–H groups in total. The van der Waals surface area contributed by atoms with Crippen LogP contribution in [0.4, 0.5) is 5.13 Å². The summed E-state index contributed by atoms with van der Waals surface area (Å²) in [5, 5.41) is 1.07. The summed E-state index contributed by atoms with van der Waals surface area (Å²) < 4.78 is 1.24. The Kier molecular flexibility index (Phi) is 4.56. The number of rotatable bonds is 2. The molecule has 4 nitrogen and oxygen atoms in total. The second-order valence-electron chi connectivity index (χ2n) is 6.83. The molecule has 2 heterocycles. The summed E-state index contributed by atoms with van der Waals surface area (Å²) in [5.41, 5.74) is 0.804. The number of piperazine rings is 1. The molecule has 0 saturated carbocycles. The molecule has 1 saturated heterocycles. The van der Waals surface area contributed by atoms with Crippen LogP contribution in [0.1, 0.15) is 20.8 Å². The zero-order valence-corrected chi connectivity index (χ0v) is 15.8. The fraction of sp³-hybridized carbons (Fsp3) is 0.529. The van der Waals surface area contributed by atoms with Crippen molar-refractivity contribution in [2.45, 2.75) is 25.7 Å². The Hall–Kier alpha value is -1.27. The summed E-state index contributed by atoms with van der Waals surface area (Å²) >= 11 is 3.48. The van der Waals surface area contributed by atoms with E-state index in [1.807, 2.05) is 25.7 Å². The number of fused-ring (bicyclic) bond motifs is 1. The van der Waals surface area contributed by atoms with E-state index in [2.05, 4.69) is 29.4 Å². The summed E-state index contributed by atoms with van der Waals surface area (Å²) in [5.74, 6) is 0.242. The number of thiazole rings is 1. The minimum absolute atomic E-state index is 0.242. The molecule has 2 aromatic rings. The standard InChI is InChI=1S/C17H23N3OS2/c1-17(2,3)15(21)19-8-10-20(11-9-19)16-18-14-12(22-4)6-5-7-13(14)23-16/h5-7H,8-11H2,1-4H3. The van der Waals surface area contributed by atoms with E-state index in [-0.39, 0.29) is 11.3 Å². The van der Waals surface area contributed by atoms with E-state index in [9.17, 15) is 4.79 Å². The molecule has 0 atom stereocenters. The summed E-state index contributed by atoms with van der Waals surface area (Å²) in [6.07, 6.45) is 2.09. The average molecular weight is 350 g/mol. The van der Waals surface area contributed by atoms with E-state index in [0.29, 0.717) is 0 Å². The number of anilines is 1. The van der Waals surface area contributed by atoms with Crippen molar-refractivity contribution in [1.29, 1.82) is 0 Å². The van der Waals surface area contributed by atoms with Crippen molar-refractivity contribution in [3.8, 4) is 0 Å². The van der Waals surface area contributed by atoms with Crippen molar-refractivity contribution in [2.24, 2.45) is 5.41 Å². The fourth-order valence-corrected chi connectivity index (χ4v) is 4.46. The number of thioether (sulfide) groups is 1. The maximum atomic E-state index is 12.4. The zero-order chi connectivity index (χ0) is 16.6. The number of para-hydroxylation sites is 1. The van der Waals surface area contributed by atoms with Gasteiger partial charge < -0.3 is 9.80 Å². The third-order valence-electron chi connectivity index (χ3n) is 4.07. The highest BCUT2D eigenvalue weighted by Gasteiger charge is 2.30. The number of carbonyl (C=O) groups excluding carboxylic acids is 1. The molecule has 0 aliphatic carbocycles. The van der Waals surface area contributed by atoms with Crippen LogP contribution in [0.2, 0.25) is 0 Å². The number of amides is 1. The minimum Gasteiger partial charge on any atom is -0.345 e. The van der Waals surface area contributed by atoms with Gasteiger partial charge in [0.05, 0.1) is 10.2 Å². The molecular weight excluding hydrogens is 326 g/mol. The molecule has 6 heteroatoms. The number of hydrogen-bond donors (Lipinski definition) is 0. The Bertz CT molecular complexity index is 712. The van der Waals surface area contributed by atoms with Crippen molar-refractivity contribution < 1.29 is 4.79 Å². The van der Waals surface area contributed by atoms with Gasteiger partial charge in [0, 0.05) is 36.5 Å². The van der Waals surface area contributed by atoms with Crippen molar-refractivity contribution in [3.05, 3.63) is 18.2 Å². The van der Waals surface area contributed by atoms with Gasteiger partial charge in [-0.25, -0.2) is 4.98 Å². The van der Waals surface area contributed by atoms with Crippen LogP contribution in [-0.2, 0) is 4.79 Å². The van der Waals surface area contributed by atoms with Crippen LogP contribution in [0, 0.1) is 5.41 Å². The lowest BCUT2D eigenvalue weighted by atomic mass is 9.94. The molecule has 0 radical (unpaired) electrons. The van der Waals surface area contributed by atoms with Gasteiger partial charge in [0.2, 0.25) is 5.91 Å². The number of hydrogen-bond acceptors (Lipinski definition) is 5. The van der Waals surface area contributed by atoms with Crippen LogP contribution in [0.15, 0.2) is 23.1 Å². The average Bonchev–Trinajstić information content (AvgIpc) is 2.97. The van der Waals surface area contributed by atoms with Crippen LogP contribution in [0.5, 0.6) is 0 Å². The number of nitrogens with zero attached hydrogens (tertiary/aromatic N) is 3. The van der Waals surface area contributed by atoms with Crippen LogP contribution < -0.4 is 4.90 Å². The predicted octanol–water partition coefficient (Wildman–Crippen LogP) is 3.71. The van der Waals surface area contributed by atoms with E-state index >= 15 is 0 Å². The van der Waals surface area contributed by atoms with Crippen molar-refractivity contribution >= 4 is 44.4 Å². The van der Waals surface area contributed by atoms with Gasteiger partial charge in [-0.15, -0.1) is 11.8 Å². The Balaban J connectivity index is 1.74. The first-order chi connectivity index (χ1) is 10.9. The lowest BCUT2D eigenvalue weighted by molar-refractivity contribution is -0.139. The minimum atomic E-state index is -0.300. The molecule has 1 amide bonds. The van der Waals surface area contributed by atoms with Gasteiger partial charge in [-0.3, -0.25) is 4.79 Å². The molecular formula is C17H23N3OS2. The largest absolute Gasteiger partial charge is 0.345 e. The smallest absolute Gasteiger partial charge is 0.228 e. The van der Waals surface area contributed by atoms with Crippen molar-refractivity contribution in [2.75, 3.05) is 37.3 Å². The second-order valence-corrected chi connectivity index (χ2v) is 8.69. The highest BCUT2D eigenvalue weighted by molar-refractivity contribution is 7.98. The molecule has 1 fully saturated rings. The summed E-state index contributed by atoms with van der Waals surface area (Å²) in [4.78, 5) is 22.7. The molecule has 1 aromatic carbocycles. The van der Waals surface area contributed by atoms with Crippen LogP contribution in [-0.4, -0.2) is 48.2 Å². The highest BCUT2D eigenvalue weighted by atomic mass is 32.2. The topological polar surface area (TPSA) is 36.4 Å². The van der Waals surface area contributed by atoms with Gasteiger partial charge in [-0.1, -0.05) is 38.2 Å². The number of carbonyl (C=O) groups is 1. The maximum Gasteiger partial charge on any atom is 0.228 e. The molecule has 1 aliphatic heterocycles. The van der Waals surface area contributed by atoms with Gasteiger partial charge in [0.15, 0.2) is 5.13 Å². The van der Waals surface area contributed by atoms with E-state index in [0.717, 1.165) is 36.8 Å². The van der Waals surface area contributed by atoms with Crippen molar-refractivity contribution in [1.82, 2.24) is 9.88 Å². The Morgan fingerprint density at radius 3 is 2.52 bits per heavy atom. The van der Waals surface area contributed by atoms with Gasteiger partial charge in [-0.2, -0.15) is 0 Å². The third kappa shape index (κ3) is 3.33. The highest BCUT2D eigenvalue weighted by Crippen LogP contribution is 2.34. The predicted molar refractivity (Wildman–Crippen MR) is 99.6 cm³/mol. The molecule has 0 bridgehead atoms. The van der Waals surface area contributed by atoms with E-state index in [4.69, 9.17) is 4.98 Å². The lowest BCUT2D eigenvalue weighted by Gasteiger charge is -2.37. The van der Waals surface area contributed by atoms with Gasteiger partial charge >= 0.3 is 0 Å². The monoisotopic (exact) mass is 349 g/mol. The lowest BCUT2D eigenvalue weighted by Crippen LogP contribution is -2.51. The van der Waals surface area contributed by atoms with E-state index < -0.39 is 0 Å². The maximum absolute atomic E-state index is 12.4. The van der Waals surface area contributed by atoms with Crippen LogP contribution in [0.25, 0.3) is 10.2 Å². The van der Waals surface area contributed by atoms with E-state index in [1.54, 1.807) is 23.1 Å². The Morgan fingerprint density at radius 2 is 1.91 bits per heavy atom. The first-order valence-corrected chi connectivity index (χ1v) is 9.92. The Morgan fingerprint density at radius 1 is 1.22 bits per heavy atom. The first kappa shape index (κ1) is 16.6. The summed E-state index contributed by atoms with van der Waals surface area (Å²) in [7, 11) is 0. The first-order valence-electron chi connectivity index (χ1n) is 7.88. The zero-order valence-electron chi connectivity index (χ0n) is 14.1. The quantitative estimate of drug-likeness (QED) is 0.775. The summed E-state index contributed by atoms with van der Waals surface area (Å²) in [6.45, 7) is 9.23. The second kappa shape index (κ2) is 6.32. The van der Waals surface area contributed by atoms with Gasteiger partial charge in [-0.05, 0) is 18.4 Å². The van der Waals surface area contributed by atoms with E-state index in [1.165, 1.54) is 9.60 Å². The van der Waals surface area contributed by atoms with Gasteiger partial charge in [0.25, 0.3) is 0 Å². The number of aromatic nitrogens is 1. The Labute approximate surface area is 145 Å². The summed E-state index contributed by atoms with van der Waals surface area (Å²) in [6, 6.07) is 6.35. The molecule has 1 aromatic heterocycles. The molecule has 3 rings (SSSR count). The normalized spacial score (nSPS) is 16.2. The fourth-order valence-electron chi connectivity index (χ4n) is 2.79. The molecule has 124 valence electrons. The van der Waals surface area contributed by atoms with Crippen LogP contribution >= 0.6 is 23.1 Å². The van der Waals surface area contributed by atoms with Crippen LogP contribution in [0.3, 0.4) is 0 Å². The number of benzene rings is 1.